The molecule has 8 heteroatoms. The Balaban J connectivity index is 1.62. The molecule has 3 rings (SSSR count). The monoisotopic (exact) mass is 349 g/mol. The van der Waals surface area contributed by atoms with Gasteiger partial charge in [-0.3, -0.25) is 4.90 Å². The molecule has 138 valence electrons. The van der Waals surface area contributed by atoms with Crippen molar-refractivity contribution in [2.45, 2.75) is 56.5 Å². The molecule has 2 aliphatic heterocycles. The van der Waals surface area contributed by atoms with Crippen LogP contribution in [0.2, 0.25) is 0 Å². The molecular weight excluding hydrogens is 323 g/mol. The minimum atomic E-state index is -4.40. The van der Waals surface area contributed by atoms with Crippen LogP contribution in [-0.2, 0) is 4.74 Å². The van der Waals surface area contributed by atoms with Crippen molar-refractivity contribution in [3.63, 3.8) is 0 Å². The number of nitrogens with zero attached hydrogens (tertiary/aromatic N) is 2. The SMILES string of the molecule is CN1CCO[C@@H]2CCN(C(=O)N[C@H](C3CCCC3)C(F)(F)F)C[C@H]21. The van der Waals surface area contributed by atoms with Crippen molar-refractivity contribution in [2.75, 3.05) is 33.3 Å². The number of alkyl halides is 3. The van der Waals surface area contributed by atoms with E-state index in [9.17, 15) is 18.0 Å². The quantitative estimate of drug-likeness (QED) is 0.831. The molecule has 0 aromatic carbocycles. The largest absolute Gasteiger partial charge is 0.408 e. The van der Waals surface area contributed by atoms with Crippen LogP contribution in [0.25, 0.3) is 0 Å². The smallest absolute Gasteiger partial charge is 0.375 e. The molecule has 3 fully saturated rings. The first-order valence-corrected chi connectivity index (χ1v) is 8.80. The van der Waals surface area contributed by atoms with Gasteiger partial charge in [-0.25, -0.2) is 4.79 Å². The number of amides is 2. The van der Waals surface area contributed by atoms with Gasteiger partial charge >= 0.3 is 12.2 Å². The summed E-state index contributed by atoms with van der Waals surface area (Å²) < 4.78 is 45.8. The molecule has 2 heterocycles. The van der Waals surface area contributed by atoms with Crippen molar-refractivity contribution >= 4 is 6.03 Å². The third-order valence-corrected chi connectivity index (χ3v) is 5.65. The number of carbonyl (C=O) groups is 1. The van der Waals surface area contributed by atoms with E-state index in [0.717, 1.165) is 19.4 Å². The van der Waals surface area contributed by atoms with E-state index in [1.54, 1.807) is 0 Å². The fourth-order valence-corrected chi connectivity index (χ4v) is 4.21. The highest BCUT2D eigenvalue weighted by molar-refractivity contribution is 5.75. The maximum atomic E-state index is 13.4. The number of urea groups is 1. The summed E-state index contributed by atoms with van der Waals surface area (Å²) in [4.78, 5) is 16.1. The number of hydrogen-bond acceptors (Lipinski definition) is 3. The molecule has 0 aromatic heterocycles. The number of piperidine rings is 1. The number of rotatable bonds is 2. The third-order valence-electron chi connectivity index (χ3n) is 5.65. The number of fused-ring (bicyclic) bond motifs is 1. The molecule has 3 aliphatic rings. The molecule has 2 amide bonds. The molecule has 2 saturated heterocycles. The van der Waals surface area contributed by atoms with E-state index < -0.39 is 24.2 Å². The van der Waals surface area contributed by atoms with Crippen LogP contribution in [0.1, 0.15) is 32.1 Å². The van der Waals surface area contributed by atoms with Crippen LogP contribution in [0.4, 0.5) is 18.0 Å². The van der Waals surface area contributed by atoms with Crippen molar-refractivity contribution in [3.05, 3.63) is 0 Å². The molecule has 0 unspecified atom stereocenters. The lowest BCUT2D eigenvalue weighted by Crippen LogP contribution is -2.62. The average Bonchev–Trinajstić information content (AvgIpc) is 3.05. The van der Waals surface area contributed by atoms with Gasteiger partial charge in [0.15, 0.2) is 0 Å². The number of carbonyl (C=O) groups excluding carboxylic acids is 1. The van der Waals surface area contributed by atoms with Crippen molar-refractivity contribution in [1.29, 1.82) is 0 Å². The summed E-state index contributed by atoms with van der Waals surface area (Å²) in [5.74, 6) is -0.493. The first-order valence-electron chi connectivity index (χ1n) is 8.80. The number of morpholine rings is 1. The molecule has 0 bridgehead atoms. The third kappa shape index (κ3) is 3.79. The Kier molecular flexibility index (Phi) is 5.24. The lowest BCUT2D eigenvalue weighted by Gasteiger charge is -2.46. The summed E-state index contributed by atoms with van der Waals surface area (Å²) >= 11 is 0. The molecule has 1 saturated carbocycles. The van der Waals surface area contributed by atoms with E-state index in [2.05, 4.69) is 10.2 Å². The molecule has 1 N–H and O–H groups in total. The number of likely N-dealkylation sites (tertiary alicyclic amines) is 1. The normalized spacial score (nSPS) is 30.9. The first-order chi connectivity index (χ1) is 11.4. The Morgan fingerprint density at radius 3 is 2.58 bits per heavy atom. The number of nitrogens with one attached hydrogen (secondary N) is 1. The number of hydrogen-bond donors (Lipinski definition) is 1. The fraction of sp³-hybridized carbons (Fsp3) is 0.938. The average molecular weight is 349 g/mol. The molecule has 0 aromatic rings. The lowest BCUT2D eigenvalue weighted by atomic mass is 9.97. The maximum absolute atomic E-state index is 13.4. The summed E-state index contributed by atoms with van der Waals surface area (Å²) in [7, 11) is 1.97. The van der Waals surface area contributed by atoms with Gasteiger partial charge in [0, 0.05) is 19.6 Å². The van der Waals surface area contributed by atoms with Gasteiger partial charge in [-0.05, 0) is 32.2 Å². The van der Waals surface area contributed by atoms with Gasteiger partial charge in [0.1, 0.15) is 6.04 Å². The Morgan fingerprint density at radius 2 is 1.92 bits per heavy atom. The molecule has 0 spiro atoms. The second kappa shape index (κ2) is 7.07. The van der Waals surface area contributed by atoms with Crippen LogP contribution >= 0.6 is 0 Å². The predicted octanol–water partition coefficient (Wildman–Crippen LogP) is 2.22. The van der Waals surface area contributed by atoms with Crippen LogP contribution < -0.4 is 5.32 Å². The molecule has 3 atom stereocenters. The highest BCUT2D eigenvalue weighted by Crippen LogP contribution is 2.36. The molecule has 5 nitrogen and oxygen atoms in total. The number of ether oxygens (including phenoxy) is 1. The standard InChI is InChI=1S/C16H26F3N3O2/c1-21-8-9-24-13-6-7-22(10-12(13)21)15(23)20-14(16(17,18)19)11-4-2-3-5-11/h11-14H,2-10H2,1H3,(H,20,23)/t12-,13-,14-/m1/s1. The summed E-state index contributed by atoms with van der Waals surface area (Å²) in [6.45, 7) is 2.31. The van der Waals surface area contributed by atoms with Crippen molar-refractivity contribution < 1.29 is 22.7 Å². The van der Waals surface area contributed by atoms with E-state index in [4.69, 9.17) is 4.74 Å². The summed E-state index contributed by atoms with van der Waals surface area (Å²) in [5.41, 5.74) is 0. The van der Waals surface area contributed by atoms with E-state index >= 15 is 0 Å². The van der Waals surface area contributed by atoms with Crippen LogP contribution in [0.3, 0.4) is 0 Å². The zero-order valence-corrected chi connectivity index (χ0v) is 14.0. The van der Waals surface area contributed by atoms with E-state index in [0.29, 0.717) is 39.0 Å². The Hall–Kier alpha value is -1.02. The number of likely N-dealkylation sites (N-methyl/N-ethyl adjacent to an activating group) is 1. The van der Waals surface area contributed by atoms with Crippen molar-refractivity contribution in [3.8, 4) is 0 Å². The second-order valence-corrected chi connectivity index (χ2v) is 7.21. The topological polar surface area (TPSA) is 44.8 Å². The lowest BCUT2D eigenvalue weighted by molar-refractivity contribution is -0.165. The van der Waals surface area contributed by atoms with Gasteiger partial charge in [-0.2, -0.15) is 13.2 Å². The van der Waals surface area contributed by atoms with Gasteiger partial charge in [-0.15, -0.1) is 0 Å². The second-order valence-electron chi connectivity index (χ2n) is 7.21. The van der Waals surface area contributed by atoms with Gasteiger partial charge in [0.2, 0.25) is 0 Å². The number of halogens is 3. The Bertz CT molecular complexity index is 454. The zero-order chi connectivity index (χ0) is 17.3. The zero-order valence-electron chi connectivity index (χ0n) is 14.0. The van der Waals surface area contributed by atoms with E-state index in [-0.39, 0.29) is 12.1 Å². The minimum Gasteiger partial charge on any atom is -0.375 e. The molecule has 24 heavy (non-hydrogen) atoms. The van der Waals surface area contributed by atoms with Crippen molar-refractivity contribution in [2.24, 2.45) is 5.92 Å². The van der Waals surface area contributed by atoms with E-state index in [1.807, 2.05) is 7.05 Å². The maximum Gasteiger partial charge on any atom is 0.408 e. The van der Waals surface area contributed by atoms with Crippen LogP contribution in [0.5, 0.6) is 0 Å². The molecular formula is C16H26F3N3O2. The van der Waals surface area contributed by atoms with Gasteiger partial charge < -0.3 is 15.0 Å². The Morgan fingerprint density at radius 1 is 1.21 bits per heavy atom. The Labute approximate surface area is 140 Å². The summed E-state index contributed by atoms with van der Waals surface area (Å²) in [6, 6.07) is -2.26. The van der Waals surface area contributed by atoms with Gasteiger partial charge in [-0.1, -0.05) is 12.8 Å². The highest BCUT2D eigenvalue weighted by atomic mass is 19.4. The first kappa shape index (κ1) is 17.8. The van der Waals surface area contributed by atoms with Crippen LogP contribution in [0, 0.1) is 5.92 Å². The van der Waals surface area contributed by atoms with Crippen LogP contribution in [-0.4, -0.2) is 73.5 Å². The van der Waals surface area contributed by atoms with Crippen molar-refractivity contribution in [1.82, 2.24) is 15.1 Å². The van der Waals surface area contributed by atoms with Gasteiger partial charge in [0.25, 0.3) is 0 Å². The predicted molar refractivity (Wildman–Crippen MR) is 82.7 cm³/mol. The summed E-state index contributed by atoms with van der Waals surface area (Å²) in [5, 5.41) is 2.28. The van der Waals surface area contributed by atoms with E-state index in [1.165, 1.54) is 4.90 Å². The van der Waals surface area contributed by atoms with Crippen LogP contribution in [0.15, 0.2) is 0 Å². The molecule has 1 aliphatic carbocycles. The minimum absolute atomic E-state index is 0.0640. The molecule has 0 radical (unpaired) electrons. The van der Waals surface area contributed by atoms with Gasteiger partial charge in [0.05, 0.1) is 18.8 Å². The highest BCUT2D eigenvalue weighted by Gasteiger charge is 2.47. The summed E-state index contributed by atoms with van der Waals surface area (Å²) in [6.07, 6.45) is -0.972. The fourth-order valence-electron chi connectivity index (χ4n) is 4.21.